The number of carbonyl (C=O) groups excluding carboxylic acids is 1. The number of fused-ring (bicyclic) bond motifs is 1. The van der Waals surface area contributed by atoms with Crippen LogP contribution in [0, 0.1) is 11.3 Å². The van der Waals surface area contributed by atoms with Gasteiger partial charge in [0.15, 0.2) is 0 Å². The minimum absolute atomic E-state index is 0.196. The molecule has 0 aliphatic carbocycles. The third-order valence-electron chi connectivity index (χ3n) is 7.09. The van der Waals surface area contributed by atoms with Crippen molar-refractivity contribution in [2.24, 2.45) is 0 Å². The number of benzene rings is 2. The number of aromatic amines is 1. The number of para-hydroxylation sites is 1. The van der Waals surface area contributed by atoms with Gasteiger partial charge in [-0.25, -0.2) is 0 Å². The highest BCUT2D eigenvalue weighted by atomic mass is 16.2. The van der Waals surface area contributed by atoms with Crippen LogP contribution in [0.25, 0.3) is 10.9 Å². The minimum Gasteiger partial charge on any atom is -0.361 e. The van der Waals surface area contributed by atoms with Crippen molar-refractivity contribution in [1.29, 1.82) is 5.26 Å². The molecule has 1 aliphatic rings. The first-order valence-corrected chi connectivity index (χ1v) is 12.9. The van der Waals surface area contributed by atoms with E-state index in [-0.39, 0.29) is 11.9 Å². The molecule has 1 aromatic heterocycles. The van der Waals surface area contributed by atoms with E-state index >= 15 is 0 Å². The van der Waals surface area contributed by atoms with Crippen LogP contribution in [0.15, 0.2) is 54.7 Å². The average Bonchev–Trinajstić information content (AvgIpc) is 3.28. The van der Waals surface area contributed by atoms with Crippen LogP contribution in [-0.2, 0) is 11.2 Å². The molecule has 1 N–H and O–H groups in total. The van der Waals surface area contributed by atoms with Crippen molar-refractivity contribution in [1.82, 2.24) is 14.8 Å². The van der Waals surface area contributed by atoms with Gasteiger partial charge >= 0.3 is 0 Å². The number of nitrogens with one attached hydrogen (secondary N) is 1. The second-order valence-corrected chi connectivity index (χ2v) is 9.64. The van der Waals surface area contributed by atoms with E-state index in [1.807, 2.05) is 53.4 Å². The van der Waals surface area contributed by atoms with Gasteiger partial charge in [-0.15, -0.1) is 0 Å². The zero-order valence-corrected chi connectivity index (χ0v) is 21.0. The summed E-state index contributed by atoms with van der Waals surface area (Å²) in [7, 11) is 0. The summed E-state index contributed by atoms with van der Waals surface area (Å²) < 4.78 is 0. The topological polar surface area (TPSA) is 66.4 Å². The predicted molar refractivity (Wildman–Crippen MR) is 143 cm³/mol. The maximum atomic E-state index is 13.3. The summed E-state index contributed by atoms with van der Waals surface area (Å²) in [5, 5.41) is 10.4. The Bertz CT molecular complexity index is 1140. The number of H-pyrrole nitrogens is 1. The molecule has 35 heavy (non-hydrogen) atoms. The molecule has 4 rings (SSSR count). The number of piperazine rings is 1. The Morgan fingerprint density at radius 1 is 1.11 bits per heavy atom. The zero-order chi connectivity index (χ0) is 24.6. The number of hydrogen-bond acceptors (Lipinski definition) is 4. The normalized spacial score (nSPS) is 15.7. The van der Waals surface area contributed by atoms with Crippen molar-refractivity contribution in [3.8, 4) is 6.07 Å². The molecule has 1 atom stereocenters. The molecule has 1 amide bonds. The monoisotopic (exact) mass is 471 g/mol. The molecular weight excluding hydrogens is 434 g/mol. The fourth-order valence-corrected chi connectivity index (χ4v) is 5.17. The highest BCUT2D eigenvalue weighted by molar-refractivity contribution is 5.95. The van der Waals surface area contributed by atoms with Crippen molar-refractivity contribution in [2.75, 3.05) is 44.2 Å². The van der Waals surface area contributed by atoms with Gasteiger partial charge in [0.1, 0.15) is 0 Å². The van der Waals surface area contributed by atoms with Crippen LogP contribution >= 0.6 is 0 Å². The summed E-state index contributed by atoms with van der Waals surface area (Å²) in [6, 6.07) is 18.3. The Labute approximate surface area is 209 Å². The van der Waals surface area contributed by atoms with E-state index in [2.05, 4.69) is 40.9 Å². The summed E-state index contributed by atoms with van der Waals surface area (Å²) in [5.74, 6) is 0.196. The molecule has 2 heterocycles. The lowest BCUT2D eigenvalue weighted by Crippen LogP contribution is -2.51. The van der Waals surface area contributed by atoms with Crippen LogP contribution in [0.3, 0.4) is 0 Å². The molecule has 1 unspecified atom stereocenters. The Morgan fingerprint density at radius 3 is 2.57 bits per heavy atom. The first kappa shape index (κ1) is 25.0. The standard InChI is InChI=1S/C29H37N5O/c1-3-8-23(2)34(26-10-5-4-6-11-26)29(35)22-33-17-15-32(16-18-33)14-7-9-25-21-31-28-13-12-24(20-30)19-27(25)28/h4-6,10-13,19,21,23,31H,3,7-9,14-18,22H2,1-2H3. The number of amides is 1. The summed E-state index contributed by atoms with van der Waals surface area (Å²) >= 11 is 0. The van der Waals surface area contributed by atoms with Crippen molar-refractivity contribution < 1.29 is 4.79 Å². The van der Waals surface area contributed by atoms with E-state index in [0.29, 0.717) is 12.1 Å². The first-order valence-electron chi connectivity index (χ1n) is 12.9. The van der Waals surface area contributed by atoms with Gasteiger partial charge in [0.2, 0.25) is 5.91 Å². The van der Waals surface area contributed by atoms with Gasteiger partial charge in [-0.3, -0.25) is 9.69 Å². The van der Waals surface area contributed by atoms with Gasteiger partial charge in [-0.1, -0.05) is 31.5 Å². The minimum atomic E-state index is 0.196. The quantitative estimate of drug-likeness (QED) is 0.461. The maximum absolute atomic E-state index is 13.3. The van der Waals surface area contributed by atoms with Gasteiger partial charge < -0.3 is 14.8 Å². The molecule has 1 fully saturated rings. The van der Waals surface area contributed by atoms with Crippen LogP contribution in [0.2, 0.25) is 0 Å². The number of aromatic nitrogens is 1. The second-order valence-electron chi connectivity index (χ2n) is 9.64. The van der Waals surface area contributed by atoms with Crippen molar-refractivity contribution >= 4 is 22.5 Å². The highest BCUT2D eigenvalue weighted by Gasteiger charge is 2.25. The third kappa shape index (κ3) is 6.30. The molecule has 1 saturated heterocycles. The van der Waals surface area contributed by atoms with Crippen LogP contribution in [-0.4, -0.2) is 66.0 Å². The van der Waals surface area contributed by atoms with Crippen LogP contribution < -0.4 is 4.90 Å². The molecule has 0 saturated carbocycles. The van der Waals surface area contributed by atoms with E-state index in [0.717, 1.165) is 75.0 Å². The second kappa shape index (κ2) is 12.0. The van der Waals surface area contributed by atoms with Gasteiger partial charge in [0.25, 0.3) is 0 Å². The summed E-state index contributed by atoms with van der Waals surface area (Å²) in [6.45, 7) is 9.70. The molecule has 6 nitrogen and oxygen atoms in total. The number of anilines is 1. The molecule has 3 aromatic rings. The Kier molecular flexibility index (Phi) is 8.57. The smallest absolute Gasteiger partial charge is 0.241 e. The third-order valence-corrected chi connectivity index (χ3v) is 7.09. The lowest BCUT2D eigenvalue weighted by atomic mass is 10.1. The van der Waals surface area contributed by atoms with E-state index < -0.39 is 0 Å². The van der Waals surface area contributed by atoms with E-state index in [4.69, 9.17) is 0 Å². The average molecular weight is 472 g/mol. The maximum Gasteiger partial charge on any atom is 0.241 e. The van der Waals surface area contributed by atoms with Crippen LogP contribution in [0.5, 0.6) is 0 Å². The van der Waals surface area contributed by atoms with Gasteiger partial charge in [0, 0.05) is 55.0 Å². The Hall–Kier alpha value is -3.14. The molecule has 0 radical (unpaired) electrons. The lowest BCUT2D eigenvalue weighted by Gasteiger charge is -2.36. The van der Waals surface area contributed by atoms with Gasteiger partial charge in [-0.05, 0) is 68.6 Å². The fourth-order valence-electron chi connectivity index (χ4n) is 5.17. The van der Waals surface area contributed by atoms with Gasteiger partial charge in [-0.2, -0.15) is 5.26 Å². The molecule has 2 aromatic carbocycles. The van der Waals surface area contributed by atoms with Crippen LogP contribution in [0.1, 0.15) is 44.2 Å². The van der Waals surface area contributed by atoms with E-state index in [1.54, 1.807) is 0 Å². The van der Waals surface area contributed by atoms with Crippen molar-refractivity contribution in [3.63, 3.8) is 0 Å². The molecule has 1 aliphatic heterocycles. The van der Waals surface area contributed by atoms with Crippen molar-refractivity contribution in [3.05, 3.63) is 65.9 Å². The lowest BCUT2D eigenvalue weighted by molar-refractivity contribution is -0.120. The Morgan fingerprint density at radius 2 is 1.86 bits per heavy atom. The SMILES string of the molecule is CCCC(C)N(C(=O)CN1CCN(CCCc2c[nH]c3ccc(C#N)cc23)CC1)c1ccccc1. The summed E-state index contributed by atoms with van der Waals surface area (Å²) in [5.41, 5.74) is 4.08. The highest BCUT2D eigenvalue weighted by Crippen LogP contribution is 2.22. The number of nitrogens with zero attached hydrogens (tertiary/aromatic N) is 4. The summed E-state index contributed by atoms with van der Waals surface area (Å²) in [4.78, 5) is 23.4. The molecular formula is C29H37N5O. The number of hydrogen-bond donors (Lipinski definition) is 1. The molecule has 0 bridgehead atoms. The van der Waals surface area contributed by atoms with Crippen molar-refractivity contribution in [2.45, 2.75) is 45.6 Å². The van der Waals surface area contributed by atoms with Gasteiger partial charge in [0.05, 0.1) is 18.2 Å². The number of nitriles is 1. The van der Waals surface area contributed by atoms with E-state index in [9.17, 15) is 10.1 Å². The first-order chi connectivity index (χ1) is 17.1. The predicted octanol–water partition coefficient (Wildman–Crippen LogP) is 4.81. The molecule has 0 spiro atoms. The number of carbonyl (C=O) groups is 1. The summed E-state index contributed by atoms with van der Waals surface area (Å²) in [6.07, 6.45) is 6.22. The molecule has 6 heteroatoms. The fraction of sp³-hybridized carbons (Fsp3) is 0.448. The van der Waals surface area contributed by atoms with E-state index in [1.165, 1.54) is 5.56 Å². The zero-order valence-electron chi connectivity index (χ0n) is 21.0. The molecule has 184 valence electrons. The number of aryl methyl sites for hydroxylation is 1. The van der Waals surface area contributed by atoms with Crippen LogP contribution in [0.4, 0.5) is 5.69 Å². The Balaban J connectivity index is 1.25. The largest absolute Gasteiger partial charge is 0.361 e. The number of rotatable bonds is 10.